The molecule has 1 aliphatic heterocycles. The second-order valence-electron chi connectivity index (χ2n) is 6.27. The van der Waals surface area contributed by atoms with Gasteiger partial charge in [-0.2, -0.15) is 0 Å². The standard InChI is InChI=1S/C20H18O3S/c21-17-12-20(11-10-15-8-4-5-9-16(15)20)23-19(22)18(17)24-13-14-6-2-1-3-7-14/h1-9,21H,10-13H2. The lowest BCUT2D eigenvalue weighted by atomic mass is 9.89. The van der Waals surface area contributed by atoms with Crippen LogP contribution in [0.2, 0.25) is 0 Å². The van der Waals surface area contributed by atoms with Gasteiger partial charge in [-0.15, -0.1) is 11.8 Å². The zero-order valence-electron chi connectivity index (χ0n) is 13.2. The van der Waals surface area contributed by atoms with Gasteiger partial charge in [0, 0.05) is 5.75 Å². The fourth-order valence-electron chi connectivity index (χ4n) is 3.54. The lowest BCUT2D eigenvalue weighted by Crippen LogP contribution is -2.35. The summed E-state index contributed by atoms with van der Waals surface area (Å²) in [6.07, 6.45) is 1.98. The molecule has 3 nitrogen and oxygen atoms in total. The molecule has 2 aromatic carbocycles. The van der Waals surface area contributed by atoms with Crippen LogP contribution in [0.4, 0.5) is 0 Å². The van der Waals surface area contributed by atoms with Crippen molar-refractivity contribution < 1.29 is 14.6 Å². The number of aryl methyl sites for hydroxylation is 1. The predicted molar refractivity (Wildman–Crippen MR) is 94.5 cm³/mol. The number of rotatable bonds is 3. The maximum absolute atomic E-state index is 12.5. The Morgan fingerprint density at radius 3 is 2.62 bits per heavy atom. The molecule has 0 aromatic heterocycles. The first kappa shape index (κ1) is 15.3. The van der Waals surface area contributed by atoms with E-state index in [1.54, 1.807) is 0 Å². The van der Waals surface area contributed by atoms with Crippen LogP contribution in [0.15, 0.2) is 65.3 Å². The van der Waals surface area contributed by atoms with Gasteiger partial charge in [0.2, 0.25) is 0 Å². The second kappa shape index (κ2) is 6.02. The van der Waals surface area contributed by atoms with Gasteiger partial charge in [0.1, 0.15) is 16.3 Å². The number of aliphatic hydroxyl groups excluding tert-OH is 1. The normalized spacial score (nSPS) is 22.6. The summed E-state index contributed by atoms with van der Waals surface area (Å²) in [7, 11) is 0. The van der Waals surface area contributed by atoms with Crippen LogP contribution in [0.25, 0.3) is 0 Å². The highest BCUT2D eigenvalue weighted by molar-refractivity contribution is 8.03. The van der Waals surface area contributed by atoms with Crippen molar-refractivity contribution in [2.75, 3.05) is 0 Å². The van der Waals surface area contributed by atoms with Crippen molar-refractivity contribution in [3.05, 3.63) is 82.0 Å². The molecule has 0 saturated heterocycles. The van der Waals surface area contributed by atoms with Gasteiger partial charge in [0.05, 0.1) is 6.42 Å². The van der Waals surface area contributed by atoms with Gasteiger partial charge in [-0.25, -0.2) is 4.79 Å². The smallest absolute Gasteiger partial charge is 0.348 e. The van der Waals surface area contributed by atoms with Gasteiger partial charge < -0.3 is 9.84 Å². The zero-order valence-corrected chi connectivity index (χ0v) is 14.0. The topological polar surface area (TPSA) is 46.5 Å². The fourth-order valence-corrected chi connectivity index (χ4v) is 4.45. The van der Waals surface area contributed by atoms with E-state index in [9.17, 15) is 9.90 Å². The van der Waals surface area contributed by atoms with Gasteiger partial charge in [-0.1, -0.05) is 54.6 Å². The van der Waals surface area contributed by atoms with Gasteiger partial charge in [-0.05, 0) is 29.5 Å². The van der Waals surface area contributed by atoms with E-state index in [1.807, 2.05) is 48.5 Å². The van der Waals surface area contributed by atoms with Crippen LogP contribution in [0.1, 0.15) is 29.5 Å². The second-order valence-corrected chi connectivity index (χ2v) is 7.25. The maximum Gasteiger partial charge on any atom is 0.348 e. The number of thioether (sulfide) groups is 1. The number of carbonyl (C=O) groups is 1. The summed E-state index contributed by atoms with van der Waals surface area (Å²) < 4.78 is 5.86. The number of aliphatic hydroxyl groups is 1. The third-order valence-electron chi connectivity index (χ3n) is 4.72. The van der Waals surface area contributed by atoms with Crippen molar-refractivity contribution in [3.63, 3.8) is 0 Å². The van der Waals surface area contributed by atoms with Crippen LogP contribution in [-0.2, 0) is 27.3 Å². The van der Waals surface area contributed by atoms with Crippen molar-refractivity contribution in [3.8, 4) is 0 Å². The summed E-state index contributed by atoms with van der Waals surface area (Å²) in [6.45, 7) is 0. The van der Waals surface area contributed by atoms with E-state index in [0.29, 0.717) is 17.1 Å². The highest BCUT2D eigenvalue weighted by Gasteiger charge is 2.47. The van der Waals surface area contributed by atoms with E-state index in [0.717, 1.165) is 24.0 Å². The molecule has 1 atom stereocenters. The van der Waals surface area contributed by atoms with Crippen LogP contribution in [0.5, 0.6) is 0 Å². The Kier molecular flexibility index (Phi) is 3.85. The molecule has 0 radical (unpaired) electrons. The van der Waals surface area contributed by atoms with Crippen LogP contribution in [0, 0.1) is 0 Å². The number of hydrogen-bond acceptors (Lipinski definition) is 4. The number of esters is 1. The Balaban J connectivity index is 1.58. The number of fused-ring (bicyclic) bond motifs is 2. The minimum atomic E-state index is -0.686. The van der Waals surface area contributed by atoms with Crippen LogP contribution in [0.3, 0.4) is 0 Å². The highest BCUT2D eigenvalue weighted by Crippen LogP contribution is 2.48. The summed E-state index contributed by atoms with van der Waals surface area (Å²) in [5, 5.41) is 10.5. The lowest BCUT2D eigenvalue weighted by Gasteiger charge is -2.34. The molecule has 0 saturated carbocycles. The Labute approximate surface area is 145 Å². The largest absolute Gasteiger partial charge is 0.511 e. The zero-order chi connectivity index (χ0) is 16.6. The van der Waals surface area contributed by atoms with Crippen molar-refractivity contribution in [2.24, 2.45) is 0 Å². The fraction of sp³-hybridized carbons (Fsp3) is 0.250. The Morgan fingerprint density at radius 1 is 1.08 bits per heavy atom. The first-order chi connectivity index (χ1) is 11.7. The highest BCUT2D eigenvalue weighted by atomic mass is 32.2. The molecule has 1 heterocycles. The van der Waals surface area contributed by atoms with E-state index in [1.165, 1.54) is 17.3 Å². The molecule has 0 amide bonds. The van der Waals surface area contributed by atoms with Crippen molar-refractivity contribution >= 4 is 17.7 Å². The van der Waals surface area contributed by atoms with Gasteiger partial charge in [0.25, 0.3) is 0 Å². The molecule has 1 spiro atoms. The Morgan fingerprint density at radius 2 is 1.83 bits per heavy atom. The summed E-state index contributed by atoms with van der Waals surface area (Å²) in [6, 6.07) is 17.9. The Hall–Kier alpha value is -2.20. The molecule has 1 N–H and O–H groups in total. The van der Waals surface area contributed by atoms with Crippen LogP contribution < -0.4 is 0 Å². The molecule has 122 valence electrons. The number of hydrogen-bond donors (Lipinski definition) is 1. The molecule has 1 unspecified atom stereocenters. The minimum absolute atomic E-state index is 0.156. The van der Waals surface area contributed by atoms with Crippen LogP contribution >= 0.6 is 11.8 Å². The molecule has 4 heteroatoms. The SMILES string of the molecule is O=C1OC2(CCc3ccccc32)CC(O)=C1SCc1ccccc1. The number of benzene rings is 2. The van der Waals surface area contributed by atoms with Gasteiger partial charge >= 0.3 is 5.97 Å². The van der Waals surface area contributed by atoms with Crippen molar-refractivity contribution in [2.45, 2.75) is 30.6 Å². The molecule has 1 aliphatic carbocycles. The minimum Gasteiger partial charge on any atom is -0.511 e. The Bertz CT molecular complexity index is 813. The van der Waals surface area contributed by atoms with Gasteiger partial charge in [0.15, 0.2) is 0 Å². The van der Waals surface area contributed by atoms with Crippen LogP contribution in [-0.4, -0.2) is 11.1 Å². The van der Waals surface area contributed by atoms with Crippen molar-refractivity contribution in [1.82, 2.24) is 0 Å². The monoisotopic (exact) mass is 338 g/mol. The average molecular weight is 338 g/mol. The first-order valence-electron chi connectivity index (χ1n) is 8.08. The third-order valence-corrected chi connectivity index (χ3v) is 5.89. The lowest BCUT2D eigenvalue weighted by molar-refractivity contribution is -0.158. The molecule has 24 heavy (non-hydrogen) atoms. The number of ether oxygens (including phenoxy) is 1. The molecule has 0 fully saturated rings. The van der Waals surface area contributed by atoms with E-state index < -0.39 is 11.6 Å². The predicted octanol–water partition coefficient (Wildman–Crippen LogP) is 4.48. The summed E-state index contributed by atoms with van der Waals surface area (Å²) in [5.74, 6) is 0.388. The quantitative estimate of drug-likeness (QED) is 0.838. The molecule has 0 bridgehead atoms. The third kappa shape index (κ3) is 2.61. The van der Waals surface area contributed by atoms with Crippen molar-refractivity contribution in [1.29, 1.82) is 0 Å². The van der Waals surface area contributed by atoms with E-state index in [2.05, 4.69) is 6.07 Å². The first-order valence-corrected chi connectivity index (χ1v) is 9.07. The molecule has 4 rings (SSSR count). The van der Waals surface area contributed by atoms with E-state index in [-0.39, 0.29) is 5.76 Å². The summed E-state index contributed by atoms with van der Waals surface area (Å²) in [5.41, 5.74) is 2.67. The summed E-state index contributed by atoms with van der Waals surface area (Å²) >= 11 is 1.35. The van der Waals surface area contributed by atoms with E-state index in [4.69, 9.17) is 4.74 Å². The number of carbonyl (C=O) groups excluding carboxylic acids is 1. The maximum atomic E-state index is 12.5. The molecule has 2 aromatic rings. The molecular formula is C20H18O3S. The molecule has 2 aliphatic rings. The average Bonchev–Trinajstić information content (AvgIpc) is 2.93. The van der Waals surface area contributed by atoms with E-state index >= 15 is 0 Å². The summed E-state index contributed by atoms with van der Waals surface area (Å²) in [4.78, 5) is 12.9. The molecular weight excluding hydrogens is 320 g/mol. The van der Waals surface area contributed by atoms with Gasteiger partial charge in [-0.3, -0.25) is 0 Å².